The number of amides is 1. The molecule has 1 heterocycles. The summed E-state index contributed by atoms with van der Waals surface area (Å²) in [5.74, 6) is -8.31. The van der Waals surface area contributed by atoms with Gasteiger partial charge >= 0.3 is 0 Å². The molecule has 0 spiro atoms. The number of nitrogens with two attached hydrogens (primary N) is 1. The Morgan fingerprint density at radius 1 is 1.07 bits per heavy atom. The van der Waals surface area contributed by atoms with E-state index in [4.69, 9.17) is 15.2 Å². The average Bonchev–Trinajstić information content (AvgIpc) is 3.38. The number of aliphatic hydroxyl groups excluding tert-OH is 3. The first kappa shape index (κ1) is 26.8. The first-order valence-electron chi connectivity index (χ1n) is 12.9. The molecule has 0 aromatic heterocycles. The van der Waals surface area contributed by atoms with Crippen LogP contribution in [-0.2, 0) is 14.4 Å². The number of Topliss-reactive ketones (excluding diaryl/α,β-unsaturated/α-hetero) is 2. The lowest BCUT2D eigenvalue weighted by atomic mass is 9.54. The number of ketones is 2. The average molecular weight is 565 g/mol. The third-order valence-corrected chi connectivity index (χ3v) is 8.81. The number of aliphatic hydroxyl groups is 4. The number of likely N-dealkylation sites (N-methyl/N-ethyl adjacent to an activating group) is 1. The van der Waals surface area contributed by atoms with E-state index in [2.05, 4.69) is 0 Å². The van der Waals surface area contributed by atoms with Crippen LogP contribution in [0.3, 0.4) is 0 Å². The maximum Gasteiger partial charge on any atom is 0.255 e. The van der Waals surface area contributed by atoms with E-state index in [-0.39, 0.29) is 18.1 Å². The van der Waals surface area contributed by atoms with Crippen molar-refractivity contribution >= 4 is 23.2 Å². The van der Waals surface area contributed by atoms with Gasteiger partial charge in [-0.3, -0.25) is 19.3 Å². The molecule has 6 atom stereocenters. The number of fused-ring (bicyclic) bond motifs is 4. The maximum absolute atomic E-state index is 14.1. The minimum atomic E-state index is -2.96. The van der Waals surface area contributed by atoms with Crippen LogP contribution in [0.1, 0.15) is 24.0 Å². The van der Waals surface area contributed by atoms with Crippen molar-refractivity contribution < 1.29 is 49.4 Å². The second-order valence-corrected chi connectivity index (χ2v) is 11.0. The van der Waals surface area contributed by atoms with Crippen molar-refractivity contribution in [2.45, 2.75) is 30.6 Å². The van der Waals surface area contributed by atoms with Crippen molar-refractivity contribution in [3.63, 3.8) is 0 Å². The highest BCUT2D eigenvalue weighted by atomic mass is 16.7. The zero-order valence-corrected chi connectivity index (χ0v) is 22.3. The predicted octanol–water partition coefficient (Wildman–Crippen LogP) is 0.891. The summed E-state index contributed by atoms with van der Waals surface area (Å²) in [4.78, 5) is 40.9. The molecule has 0 saturated heterocycles. The molecule has 41 heavy (non-hydrogen) atoms. The van der Waals surface area contributed by atoms with E-state index < -0.39 is 75.6 Å². The van der Waals surface area contributed by atoms with Crippen LogP contribution in [-0.4, -0.2) is 86.5 Å². The molecule has 12 heteroatoms. The van der Waals surface area contributed by atoms with Crippen molar-refractivity contribution in [2.24, 2.45) is 17.6 Å². The molecular weight excluding hydrogens is 536 g/mol. The SMILES string of the molecule is C[C@@H]1c2ccc(-c3ccc4c(c3)OCO4)c(O)c2C(O)=C2C(=O)[C@@]3(O)C(O)=C(C(N)=O)C(=O)[C@H](N(C)C)[C@H]3[C@H](O)[C@@H]21. The maximum atomic E-state index is 14.1. The van der Waals surface area contributed by atoms with Gasteiger partial charge < -0.3 is 40.7 Å². The van der Waals surface area contributed by atoms with E-state index in [1.807, 2.05) is 0 Å². The van der Waals surface area contributed by atoms with Crippen LogP contribution in [0.25, 0.3) is 16.9 Å². The summed E-state index contributed by atoms with van der Waals surface area (Å²) in [7, 11) is 2.92. The quantitative estimate of drug-likeness (QED) is 0.289. The minimum absolute atomic E-state index is 0.0497. The van der Waals surface area contributed by atoms with Gasteiger partial charge in [0.25, 0.3) is 5.91 Å². The fourth-order valence-corrected chi connectivity index (χ4v) is 6.91. The fraction of sp³-hybridized carbons (Fsp3) is 0.345. The minimum Gasteiger partial charge on any atom is -0.508 e. The monoisotopic (exact) mass is 564 g/mol. The molecule has 12 nitrogen and oxygen atoms in total. The Morgan fingerprint density at radius 2 is 1.76 bits per heavy atom. The first-order chi connectivity index (χ1) is 19.3. The molecule has 4 aliphatic rings. The lowest BCUT2D eigenvalue weighted by Gasteiger charge is -2.53. The fourth-order valence-electron chi connectivity index (χ4n) is 6.91. The van der Waals surface area contributed by atoms with Gasteiger partial charge in [0.15, 0.2) is 22.9 Å². The molecular formula is C29H28N2O10. The van der Waals surface area contributed by atoms with Gasteiger partial charge in [-0.2, -0.15) is 0 Å². The number of benzene rings is 2. The number of phenolic OH excluding ortho intramolecular Hbond substituents is 1. The number of aromatic hydroxyl groups is 1. The number of hydrogen-bond acceptors (Lipinski definition) is 11. The lowest BCUT2D eigenvalue weighted by molar-refractivity contribution is -0.169. The number of rotatable bonds is 3. The van der Waals surface area contributed by atoms with Gasteiger partial charge in [-0.25, -0.2) is 0 Å². The molecule has 1 fully saturated rings. The predicted molar refractivity (Wildman–Crippen MR) is 142 cm³/mol. The van der Waals surface area contributed by atoms with Crippen LogP contribution in [0.5, 0.6) is 17.2 Å². The van der Waals surface area contributed by atoms with Crippen molar-refractivity contribution in [3.8, 4) is 28.4 Å². The largest absolute Gasteiger partial charge is 0.508 e. The smallest absolute Gasteiger partial charge is 0.255 e. The van der Waals surface area contributed by atoms with Gasteiger partial charge in [0.2, 0.25) is 12.6 Å². The summed E-state index contributed by atoms with van der Waals surface area (Å²) in [5.41, 5.74) is 2.14. The molecule has 0 bridgehead atoms. The molecule has 2 aromatic carbocycles. The topological polar surface area (TPSA) is 200 Å². The number of carbonyl (C=O) groups excluding carboxylic acids is 3. The Bertz CT molecular complexity index is 1630. The third kappa shape index (κ3) is 3.35. The van der Waals surface area contributed by atoms with Gasteiger partial charge in [-0.05, 0) is 43.3 Å². The molecule has 1 aliphatic heterocycles. The standard InChI is InChI=1S/C29H28N2O10/c1-10-12-5-6-13(11-4-7-14-15(8-11)41-9-40-14)22(32)17(12)23(33)18-16(10)24(34)20-21(31(2)3)25(35)19(28(30)38)27(37)29(20,39)26(18)36/h4-8,10,16,20-21,24,32-34,37,39H,9H2,1-3H3,(H2,30,38)/t10-,16-,20+,21-,24-,29-/m1/s1. The summed E-state index contributed by atoms with van der Waals surface area (Å²) in [6, 6.07) is 6.89. The number of primary amides is 1. The second-order valence-electron chi connectivity index (χ2n) is 11.0. The number of nitrogens with zero attached hydrogens (tertiary/aromatic N) is 1. The molecule has 1 saturated carbocycles. The van der Waals surface area contributed by atoms with Crippen molar-refractivity contribution in [1.29, 1.82) is 0 Å². The van der Waals surface area contributed by atoms with Crippen LogP contribution < -0.4 is 15.2 Å². The van der Waals surface area contributed by atoms with E-state index in [0.29, 0.717) is 28.2 Å². The summed E-state index contributed by atoms with van der Waals surface area (Å²) < 4.78 is 10.8. The Balaban J connectivity index is 1.57. The number of hydrogen-bond donors (Lipinski definition) is 6. The molecule has 214 valence electrons. The van der Waals surface area contributed by atoms with Gasteiger partial charge in [0.05, 0.1) is 23.6 Å². The van der Waals surface area contributed by atoms with Crippen molar-refractivity contribution in [2.75, 3.05) is 20.9 Å². The van der Waals surface area contributed by atoms with Gasteiger partial charge in [-0.1, -0.05) is 25.1 Å². The van der Waals surface area contributed by atoms with Gasteiger partial charge in [0.1, 0.15) is 22.8 Å². The van der Waals surface area contributed by atoms with Crippen molar-refractivity contribution in [1.82, 2.24) is 4.90 Å². The highest BCUT2D eigenvalue weighted by Crippen LogP contribution is 2.57. The second kappa shape index (κ2) is 8.80. The van der Waals surface area contributed by atoms with Gasteiger partial charge in [0, 0.05) is 17.1 Å². The number of ether oxygens (including phenoxy) is 2. The van der Waals surface area contributed by atoms with E-state index in [0.717, 1.165) is 0 Å². The highest BCUT2D eigenvalue weighted by molar-refractivity contribution is 6.24. The van der Waals surface area contributed by atoms with Crippen molar-refractivity contribution in [3.05, 3.63) is 58.4 Å². The summed E-state index contributed by atoms with van der Waals surface area (Å²) >= 11 is 0. The molecule has 6 rings (SSSR count). The Kier molecular flexibility index (Phi) is 5.76. The summed E-state index contributed by atoms with van der Waals surface area (Å²) in [6.07, 6.45) is -1.65. The first-order valence-corrected chi connectivity index (χ1v) is 12.9. The molecule has 7 N–H and O–H groups in total. The summed E-state index contributed by atoms with van der Waals surface area (Å²) in [5, 5.41) is 57.4. The van der Waals surface area contributed by atoms with Crippen LogP contribution in [0, 0.1) is 11.8 Å². The Labute approximate surface area is 233 Å². The zero-order chi connectivity index (χ0) is 29.7. The lowest BCUT2D eigenvalue weighted by Crippen LogP contribution is -2.70. The van der Waals surface area contributed by atoms with Crippen LogP contribution in [0.15, 0.2) is 47.2 Å². The van der Waals surface area contributed by atoms with Crippen LogP contribution in [0.2, 0.25) is 0 Å². The third-order valence-electron chi connectivity index (χ3n) is 8.81. The molecule has 0 unspecified atom stereocenters. The highest BCUT2D eigenvalue weighted by Gasteiger charge is 2.68. The van der Waals surface area contributed by atoms with Crippen LogP contribution in [0.4, 0.5) is 0 Å². The molecule has 2 aromatic rings. The van der Waals surface area contributed by atoms with E-state index in [9.17, 15) is 39.9 Å². The number of carbonyl (C=O) groups is 3. The van der Waals surface area contributed by atoms with E-state index >= 15 is 0 Å². The summed E-state index contributed by atoms with van der Waals surface area (Å²) in [6.45, 7) is 1.73. The van der Waals surface area contributed by atoms with E-state index in [1.165, 1.54) is 19.0 Å². The molecule has 1 amide bonds. The van der Waals surface area contributed by atoms with Crippen LogP contribution >= 0.6 is 0 Å². The van der Waals surface area contributed by atoms with E-state index in [1.54, 1.807) is 37.3 Å². The molecule has 0 radical (unpaired) electrons. The number of phenols is 1. The Morgan fingerprint density at radius 3 is 2.41 bits per heavy atom. The molecule has 3 aliphatic carbocycles. The van der Waals surface area contributed by atoms with Gasteiger partial charge in [-0.15, -0.1) is 0 Å². The zero-order valence-electron chi connectivity index (χ0n) is 22.3. The normalized spacial score (nSPS) is 30.3. The Hall–Kier alpha value is -4.39.